The number of nitrogens with two attached hydrogens (primary N) is 1. The van der Waals surface area contributed by atoms with Crippen molar-refractivity contribution in [2.24, 2.45) is 5.73 Å². The molecular formula is C22H26ClN7O2. The van der Waals surface area contributed by atoms with E-state index >= 15 is 0 Å². The molecule has 6 N–H and O–H groups in total. The molecular weight excluding hydrogens is 430 g/mol. The number of rotatable bonds is 7. The van der Waals surface area contributed by atoms with Crippen LogP contribution in [0.15, 0.2) is 42.5 Å². The first kappa shape index (κ1) is 21.8. The average molecular weight is 456 g/mol. The van der Waals surface area contributed by atoms with Crippen molar-refractivity contribution < 1.29 is 9.90 Å². The van der Waals surface area contributed by atoms with E-state index < -0.39 is 5.91 Å². The zero-order chi connectivity index (χ0) is 22.7. The maximum Gasteiger partial charge on any atom is 0.256 e. The van der Waals surface area contributed by atoms with E-state index in [1.54, 1.807) is 24.3 Å². The predicted molar refractivity (Wildman–Crippen MR) is 127 cm³/mol. The highest BCUT2D eigenvalue weighted by atomic mass is 35.5. The van der Waals surface area contributed by atoms with Crippen LogP contribution < -0.4 is 21.3 Å². The maximum atomic E-state index is 12.1. The summed E-state index contributed by atoms with van der Waals surface area (Å²) >= 11 is 6.56. The van der Waals surface area contributed by atoms with Gasteiger partial charge in [0.1, 0.15) is 17.1 Å². The Balaban J connectivity index is 1.48. The lowest BCUT2D eigenvalue weighted by molar-refractivity contribution is 0.100. The molecule has 0 spiro atoms. The molecule has 2 aromatic carbocycles. The average Bonchev–Trinajstić information content (AvgIpc) is 3.17. The molecule has 0 radical (unpaired) electrons. The number of anilines is 4. The highest BCUT2D eigenvalue weighted by Crippen LogP contribution is 2.32. The number of benzene rings is 2. The normalized spacial score (nSPS) is 14.4. The van der Waals surface area contributed by atoms with E-state index in [1.807, 2.05) is 18.2 Å². The van der Waals surface area contributed by atoms with Gasteiger partial charge in [0.15, 0.2) is 5.82 Å². The van der Waals surface area contributed by atoms with Gasteiger partial charge in [-0.25, -0.2) is 0 Å². The number of aromatic hydroxyl groups is 1. The molecule has 168 valence electrons. The second-order valence-corrected chi connectivity index (χ2v) is 8.20. The Kier molecular flexibility index (Phi) is 6.38. The number of phenols is 1. The largest absolute Gasteiger partial charge is 0.508 e. The number of amides is 1. The summed E-state index contributed by atoms with van der Waals surface area (Å²) in [5, 5.41) is 23.3. The van der Waals surface area contributed by atoms with Crippen LogP contribution in [-0.2, 0) is 6.54 Å². The molecule has 1 aromatic heterocycles. The van der Waals surface area contributed by atoms with Gasteiger partial charge < -0.3 is 31.3 Å². The molecule has 10 heteroatoms. The third-order valence-electron chi connectivity index (χ3n) is 5.47. The zero-order valence-electron chi connectivity index (χ0n) is 17.7. The number of hydrogen-bond donors (Lipinski definition) is 5. The number of halogens is 1. The SMILES string of the molecule is CN1CCN(c2ccc(Nc3n[nH]c(NCc4ccc(O)cc4)c3C(N)=O)cc2Cl)CC1. The lowest BCUT2D eigenvalue weighted by Gasteiger charge is -2.34. The van der Waals surface area contributed by atoms with Crippen molar-refractivity contribution in [1.29, 1.82) is 0 Å². The van der Waals surface area contributed by atoms with Crippen LogP contribution in [0.2, 0.25) is 5.02 Å². The quantitative estimate of drug-likeness (QED) is 0.371. The minimum Gasteiger partial charge on any atom is -0.508 e. The topological polar surface area (TPSA) is 123 Å². The summed E-state index contributed by atoms with van der Waals surface area (Å²) in [6.07, 6.45) is 0. The number of likely N-dealkylation sites (N-methyl/N-ethyl adjacent to an activating group) is 1. The third kappa shape index (κ3) is 4.90. The fraction of sp³-hybridized carbons (Fsp3) is 0.273. The molecule has 4 rings (SSSR count). The van der Waals surface area contributed by atoms with Crippen molar-refractivity contribution in [3.8, 4) is 5.75 Å². The highest BCUT2D eigenvalue weighted by Gasteiger charge is 2.20. The van der Waals surface area contributed by atoms with Crippen molar-refractivity contribution in [2.75, 3.05) is 48.8 Å². The first-order valence-corrected chi connectivity index (χ1v) is 10.7. The number of piperazine rings is 1. The van der Waals surface area contributed by atoms with E-state index in [0.717, 1.165) is 37.4 Å². The van der Waals surface area contributed by atoms with Crippen LogP contribution in [0.3, 0.4) is 0 Å². The Hall–Kier alpha value is -3.43. The maximum absolute atomic E-state index is 12.1. The molecule has 1 aliphatic rings. The Bertz CT molecular complexity index is 1090. The smallest absolute Gasteiger partial charge is 0.256 e. The van der Waals surface area contributed by atoms with Gasteiger partial charge >= 0.3 is 0 Å². The number of carbonyl (C=O) groups is 1. The number of primary amides is 1. The van der Waals surface area contributed by atoms with Gasteiger partial charge in [0.25, 0.3) is 5.91 Å². The summed E-state index contributed by atoms with van der Waals surface area (Å²) in [5.74, 6) is 0.300. The molecule has 1 amide bonds. The molecule has 1 fully saturated rings. The summed E-state index contributed by atoms with van der Waals surface area (Å²) in [7, 11) is 2.11. The predicted octanol–water partition coefficient (Wildman–Crippen LogP) is 2.98. The minimum absolute atomic E-state index is 0.192. The van der Waals surface area contributed by atoms with Crippen molar-refractivity contribution in [2.45, 2.75) is 6.54 Å². The number of nitrogens with one attached hydrogen (secondary N) is 3. The number of nitrogens with zero attached hydrogens (tertiary/aromatic N) is 3. The number of H-pyrrole nitrogens is 1. The van der Waals surface area contributed by atoms with Crippen LogP contribution in [0.4, 0.5) is 23.0 Å². The molecule has 1 saturated heterocycles. The molecule has 1 aliphatic heterocycles. The van der Waals surface area contributed by atoms with Crippen LogP contribution in [0.25, 0.3) is 0 Å². The van der Waals surface area contributed by atoms with E-state index in [-0.39, 0.29) is 11.3 Å². The van der Waals surface area contributed by atoms with Gasteiger partial charge in [-0.3, -0.25) is 9.89 Å². The molecule has 0 atom stereocenters. The van der Waals surface area contributed by atoms with Crippen LogP contribution in [0.5, 0.6) is 5.75 Å². The molecule has 0 saturated carbocycles. The van der Waals surface area contributed by atoms with Gasteiger partial charge in [-0.2, -0.15) is 5.10 Å². The number of carbonyl (C=O) groups excluding carboxylic acids is 1. The van der Waals surface area contributed by atoms with Crippen LogP contribution in [-0.4, -0.2) is 59.3 Å². The Morgan fingerprint density at radius 1 is 1.19 bits per heavy atom. The van der Waals surface area contributed by atoms with E-state index in [2.05, 4.69) is 37.7 Å². The molecule has 32 heavy (non-hydrogen) atoms. The fourth-order valence-electron chi connectivity index (χ4n) is 3.63. The monoisotopic (exact) mass is 455 g/mol. The molecule has 3 aromatic rings. The fourth-order valence-corrected chi connectivity index (χ4v) is 3.93. The van der Waals surface area contributed by atoms with E-state index in [0.29, 0.717) is 28.9 Å². The molecule has 2 heterocycles. The summed E-state index contributed by atoms with van der Waals surface area (Å²) in [5.41, 5.74) is 8.45. The summed E-state index contributed by atoms with van der Waals surface area (Å²) in [6.45, 7) is 4.25. The van der Waals surface area contributed by atoms with E-state index in [1.165, 1.54) is 0 Å². The molecule has 0 bridgehead atoms. The Labute approximate surface area is 191 Å². The van der Waals surface area contributed by atoms with Crippen molar-refractivity contribution >= 4 is 40.5 Å². The molecule has 0 unspecified atom stereocenters. The van der Waals surface area contributed by atoms with Crippen LogP contribution >= 0.6 is 11.6 Å². The lowest BCUT2D eigenvalue weighted by Crippen LogP contribution is -2.44. The zero-order valence-corrected chi connectivity index (χ0v) is 18.5. The van der Waals surface area contributed by atoms with Gasteiger partial charge in [0, 0.05) is 38.4 Å². The summed E-state index contributed by atoms with van der Waals surface area (Å²) in [4.78, 5) is 16.7. The lowest BCUT2D eigenvalue weighted by atomic mass is 10.2. The summed E-state index contributed by atoms with van der Waals surface area (Å²) in [6, 6.07) is 12.5. The third-order valence-corrected chi connectivity index (χ3v) is 5.78. The van der Waals surface area contributed by atoms with Gasteiger partial charge in [0.05, 0.1) is 10.7 Å². The molecule has 0 aliphatic carbocycles. The van der Waals surface area contributed by atoms with Crippen molar-refractivity contribution in [1.82, 2.24) is 15.1 Å². The Morgan fingerprint density at radius 2 is 1.91 bits per heavy atom. The minimum atomic E-state index is -0.616. The van der Waals surface area contributed by atoms with Crippen molar-refractivity contribution in [3.63, 3.8) is 0 Å². The van der Waals surface area contributed by atoms with Crippen LogP contribution in [0.1, 0.15) is 15.9 Å². The number of hydrogen-bond acceptors (Lipinski definition) is 7. The number of phenolic OH excluding ortho intramolecular Hbond substituents is 1. The first-order valence-electron chi connectivity index (χ1n) is 10.3. The van der Waals surface area contributed by atoms with Crippen molar-refractivity contribution in [3.05, 3.63) is 58.6 Å². The highest BCUT2D eigenvalue weighted by molar-refractivity contribution is 6.33. The Morgan fingerprint density at radius 3 is 2.56 bits per heavy atom. The molecule has 9 nitrogen and oxygen atoms in total. The van der Waals surface area contributed by atoms with Gasteiger partial charge in [0.2, 0.25) is 0 Å². The van der Waals surface area contributed by atoms with E-state index in [4.69, 9.17) is 17.3 Å². The number of aromatic nitrogens is 2. The van der Waals surface area contributed by atoms with Gasteiger partial charge in [-0.05, 0) is 42.9 Å². The first-order chi connectivity index (χ1) is 15.4. The van der Waals surface area contributed by atoms with Gasteiger partial charge in [-0.1, -0.05) is 23.7 Å². The van der Waals surface area contributed by atoms with Crippen LogP contribution in [0, 0.1) is 0 Å². The van der Waals surface area contributed by atoms with Gasteiger partial charge in [-0.15, -0.1) is 0 Å². The second-order valence-electron chi connectivity index (χ2n) is 7.79. The second kappa shape index (κ2) is 9.37. The number of aromatic amines is 1. The summed E-state index contributed by atoms with van der Waals surface area (Å²) < 4.78 is 0. The van der Waals surface area contributed by atoms with E-state index in [9.17, 15) is 9.90 Å². The standard InChI is InChI=1S/C22H26ClN7O2/c1-29-8-10-30(11-9-29)18-7-4-15(12-17(18)23)26-22-19(20(24)32)21(27-28-22)25-13-14-2-5-16(31)6-3-14/h2-7,12,31H,8-11,13H2,1H3,(H2,24,32)(H3,25,26,27,28).